The van der Waals surface area contributed by atoms with Gasteiger partial charge in [0, 0.05) is 28.9 Å². The number of nitrogens with zero attached hydrogens (tertiary/aromatic N) is 2. The highest BCUT2D eigenvalue weighted by atomic mass is 19.3. The summed E-state index contributed by atoms with van der Waals surface area (Å²) in [6.45, 7) is 4.26. The van der Waals surface area contributed by atoms with Crippen LogP contribution in [0.5, 0.6) is 5.75 Å². The molecule has 5 rings (SSSR count). The molecule has 2 aromatic heterocycles. The predicted octanol–water partition coefficient (Wildman–Crippen LogP) is 5.21. The van der Waals surface area contributed by atoms with Gasteiger partial charge in [0.1, 0.15) is 23.3 Å². The highest BCUT2D eigenvalue weighted by Crippen LogP contribution is 2.38. The van der Waals surface area contributed by atoms with Crippen molar-refractivity contribution >= 4 is 23.0 Å². The van der Waals surface area contributed by atoms with E-state index in [2.05, 4.69) is 25.6 Å². The number of nitrogens with one attached hydrogen (secondary N) is 3. The van der Waals surface area contributed by atoms with Crippen LogP contribution in [0.2, 0.25) is 0 Å². The lowest BCUT2D eigenvalue weighted by molar-refractivity contribution is 0.0901. The number of hydrogen-bond donors (Lipinski definition) is 4. The maximum absolute atomic E-state index is 13.6. The van der Waals surface area contributed by atoms with Crippen LogP contribution < -0.4 is 15.4 Å². The van der Waals surface area contributed by atoms with Crippen molar-refractivity contribution in [2.75, 3.05) is 6.61 Å². The van der Waals surface area contributed by atoms with Crippen molar-refractivity contribution in [2.24, 2.45) is 11.8 Å². The molecule has 9 nitrogen and oxygen atoms in total. The maximum Gasteiger partial charge on any atom is 0.404 e. The lowest BCUT2D eigenvalue weighted by Crippen LogP contribution is -2.47. The molecule has 11 heteroatoms. The van der Waals surface area contributed by atoms with E-state index in [0.717, 1.165) is 12.8 Å². The van der Waals surface area contributed by atoms with E-state index in [1.54, 1.807) is 13.0 Å². The zero-order valence-electron chi connectivity index (χ0n) is 21.3. The molecule has 38 heavy (non-hydrogen) atoms. The number of alkyl halides is 2. The van der Waals surface area contributed by atoms with Gasteiger partial charge in [-0.2, -0.15) is 0 Å². The number of benzene rings is 1. The fraction of sp³-hybridized carbons (Fsp3) is 0.481. The Morgan fingerprint density at radius 1 is 1.18 bits per heavy atom. The molecule has 202 valence electrons. The molecule has 2 amide bonds. The number of aryl methyl sites for hydroxylation is 1. The summed E-state index contributed by atoms with van der Waals surface area (Å²) in [5, 5.41) is 14.6. The quantitative estimate of drug-likeness (QED) is 0.318. The van der Waals surface area contributed by atoms with Gasteiger partial charge < -0.3 is 25.5 Å². The molecule has 4 N–H and O–H groups in total. The van der Waals surface area contributed by atoms with Crippen LogP contribution in [0.1, 0.15) is 67.1 Å². The number of ether oxygens (including phenoxy) is 1. The fourth-order valence-corrected chi connectivity index (χ4v) is 5.25. The second-order valence-corrected chi connectivity index (χ2v) is 10.4. The first-order chi connectivity index (χ1) is 18.2. The van der Waals surface area contributed by atoms with Gasteiger partial charge in [-0.1, -0.05) is 6.92 Å². The molecule has 0 spiro atoms. The van der Waals surface area contributed by atoms with E-state index < -0.39 is 12.5 Å². The van der Waals surface area contributed by atoms with E-state index in [1.165, 1.54) is 18.5 Å². The van der Waals surface area contributed by atoms with Gasteiger partial charge in [-0.15, -0.1) is 0 Å². The summed E-state index contributed by atoms with van der Waals surface area (Å²) in [7, 11) is 0. The summed E-state index contributed by atoms with van der Waals surface area (Å²) in [6, 6.07) is 4.03. The summed E-state index contributed by atoms with van der Waals surface area (Å²) < 4.78 is 33.1. The van der Waals surface area contributed by atoms with Crippen molar-refractivity contribution in [1.82, 2.24) is 25.6 Å². The average Bonchev–Trinajstić information content (AvgIpc) is 3.63. The molecule has 2 aliphatic carbocycles. The number of rotatable bonds is 8. The number of amides is 2. The number of fused-ring (bicyclic) bond motifs is 1. The molecular weight excluding hydrogens is 496 g/mol. The number of carboxylic acid groups (broad SMARTS) is 1. The number of H-pyrrole nitrogens is 1. The topological polar surface area (TPSA) is 129 Å². The molecule has 0 bridgehead atoms. The molecule has 2 saturated carbocycles. The Morgan fingerprint density at radius 2 is 1.97 bits per heavy atom. The Balaban J connectivity index is 1.44. The molecule has 2 aliphatic rings. The first kappa shape index (κ1) is 25.9. The first-order valence-corrected chi connectivity index (χ1v) is 12.9. The third kappa shape index (κ3) is 5.41. The summed E-state index contributed by atoms with van der Waals surface area (Å²) in [5.74, 6) is 0.707. The maximum atomic E-state index is 13.6. The van der Waals surface area contributed by atoms with Crippen LogP contribution in [-0.4, -0.2) is 50.7 Å². The van der Waals surface area contributed by atoms with Crippen molar-refractivity contribution < 1.29 is 28.2 Å². The van der Waals surface area contributed by atoms with Gasteiger partial charge in [0.2, 0.25) is 0 Å². The molecule has 2 heterocycles. The highest BCUT2D eigenvalue weighted by molar-refractivity contribution is 6.09. The number of hydrogen-bond acceptors (Lipinski definition) is 5. The smallest absolute Gasteiger partial charge is 0.404 e. The second kappa shape index (κ2) is 10.5. The minimum absolute atomic E-state index is 0.0727. The molecule has 0 radical (unpaired) electrons. The monoisotopic (exact) mass is 527 g/mol. The summed E-state index contributed by atoms with van der Waals surface area (Å²) in [5.41, 5.74) is 2.48. The largest absolute Gasteiger partial charge is 0.493 e. The lowest BCUT2D eigenvalue weighted by Gasteiger charge is -2.34. The van der Waals surface area contributed by atoms with Gasteiger partial charge in [0.05, 0.1) is 17.7 Å². The molecule has 3 atom stereocenters. The summed E-state index contributed by atoms with van der Waals surface area (Å²) in [6.07, 6.45) is 1.70. The Morgan fingerprint density at radius 3 is 2.66 bits per heavy atom. The van der Waals surface area contributed by atoms with E-state index in [-0.39, 0.29) is 29.5 Å². The number of aromatic nitrogens is 3. The van der Waals surface area contributed by atoms with E-state index in [4.69, 9.17) is 9.84 Å². The first-order valence-electron chi connectivity index (χ1n) is 12.9. The third-order valence-electron chi connectivity index (χ3n) is 7.49. The van der Waals surface area contributed by atoms with Crippen LogP contribution in [0.3, 0.4) is 0 Å². The van der Waals surface area contributed by atoms with Gasteiger partial charge in [-0.05, 0) is 69.1 Å². The van der Waals surface area contributed by atoms with Crippen LogP contribution in [0.25, 0.3) is 22.3 Å². The standard InChI is InChI=1S/C27H31F2N5O4/c1-13-9-17(33-27(36)37)6-7-19(13)34-26(35)21-14(2)32-24-22(30-12-31-23(21)24)18-10-16(25(28)29)5-8-20(18)38-11-15-3-4-15/h5,8,10,12-13,15,17,19,25,32-33H,3-4,6-7,9,11H2,1-2H3,(H,34,35)(H,36,37). The van der Waals surface area contributed by atoms with E-state index >= 15 is 0 Å². The third-order valence-corrected chi connectivity index (χ3v) is 7.49. The van der Waals surface area contributed by atoms with Crippen LogP contribution in [-0.2, 0) is 0 Å². The summed E-state index contributed by atoms with van der Waals surface area (Å²) >= 11 is 0. The SMILES string of the molecule is Cc1[nH]c2c(-c3cc(C(F)F)ccc3OCC3CC3)ncnc2c1C(=O)NC1CCC(NC(=O)O)CC1C. The Labute approximate surface area is 218 Å². The molecular formula is C27H31F2N5O4. The number of aromatic amines is 1. The van der Waals surface area contributed by atoms with Gasteiger partial charge in [-0.3, -0.25) is 4.79 Å². The number of carbonyl (C=O) groups excluding carboxylic acids is 1. The molecule has 3 unspecified atom stereocenters. The molecule has 0 saturated heterocycles. The summed E-state index contributed by atoms with van der Waals surface area (Å²) in [4.78, 5) is 36.4. The zero-order valence-corrected chi connectivity index (χ0v) is 21.3. The minimum Gasteiger partial charge on any atom is -0.493 e. The second-order valence-electron chi connectivity index (χ2n) is 10.4. The van der Waals surface area contributed by atoms with E-state index in [1.807, 2.05) is 6.92 Å². The molecule has 2 fully saturated rings. The zero-order chi connectivity index (χ0) is 27.0. The van der Waals surface area contributed by atoms with Crippen molar-refractivity contribution in [1.29, 1.82) is 0 Å². The molecule has 3 aromatic rings. The Kier molecular flexibility index (Phi) is 7.18. The predicted molar refractivity (Wildman–Crippen MR) is 136 cm³/mol. The van der Waals surface area contributed by atoms with Crippen LogP contribution in [0.4, 0.5) is 13.6 Å². The molecule has 0 aliphatic heterocycles. The van der Waals surface area contributed by atoms with Crippen molar-refractivity contribution in [3.63, 3.8) is 0 Å². The van der Waals surface area contributed by atoms with Gasteiger partial charge in [0.25, 0.3) is 12.3 Å². The lowest BCUT2D eigenvalue weighted by atomic mass is 9.82. The Hall–Kier alpha value is -3.76. The van der Waals surface area contributed by atoms with Crippen molar-refractivity contribution in [2.45, 2.75) is 64.5 Å². The van der Waals surface area contributed by atoms with E-state index in [0.29, 0.717) is 71.1 Å². The Bertz CT molecular complexity index is 1360. The van der Waals surface area contributed by atoms with Gasteiger partial charge in [-0.25, -0.2) is 23.5 Å². The minimum atomic E-state index is -2.65. The highest BCUT2D eigenvalue weighted by Gasteiger charge is 2.31. The van der Waals surface area contributed by atoms with Crippen molar-refractivity contribution in [3.05, 3.63) is 41.3 Å². The number of halogens is 2. The van der Waals surface area contributed by atoms with Crippen LogP contribution >= 0.6 is 0 Å². The normalized spacial score (nSPS) is 21.4. The van der Waals surface area contributed by atoms with Gasteiger partial charge in [0.15, 0.2) is 0 Å². The van der Waals surface area contributed by atoms with Crippen LogP contribution in [0.15, 0.2) is 24.5 Å². The average molecular weight is 528 g/mol. The van der Waals surface area contributed by atoms with Gasteiger partial charge >= 0.3 is 6.09 Å². The van der Waals surface area contributed by atoms with E-state index in [9.17, 15) is 18.4 Å². The van der Waals surface area contributed by atoms with Crippen molar-refractivity contribution in [3.8, 4) is 17.0 Å². The fourth-order valence-electron chi connectivity index (χ4n) is 5.25. The molecule has 1 aromatic carbocycles. The van der Waals surface area contributed by atoms with Crippen LogP contribution in [0, 0.1) is 18.8 Å². The number of carbonyl (C=O) groups is 2.